The maximum absolute atomic E-state index is 5.00. The molecule has 0 rings (SSSR count). The van der Waals surface area contributed by atoms with Crippen LogP contribution >= 0.6 is 11.6 Å². The minimum absolute atomic E-state index is 0. The van der Waals surface area contributed by atoms with Crippen LogP contribution in [0.15, 0.2) is 0 Å². The monoisotopic (exact) mass is 154 g/mol. The van der Waals surface area contributed by atoms with Crippen molar-refractivity contribution in [2.75, 3.05) is 5.88 Å². The second-order valence-electron chi connectivity index (χ2n) is 0.267. The van der Waals surface area contributed by atoms with E-state index < -0.39 is 0 Å². The fourth-order valence-corrected chi connectivity index (χ4v) is 0. The molecule has 0 saturated carbocycles. The molecule has 0 aliphatic carbocycles. The Bertz CT molecular complexity index is 6.00. The van der Waals surface area contributed by atoms with Crippen molar-refractivity contribution < 1.29 is 26.2 Å². The van der Waals surface area contributed by atoms with Crippen LogP contribution in [0.1, 0.15) is 6.92 Å². The molecule has 0 aromatic rings. The van der Waals surface area contributed by atoms with E-state index in [2.05, 4.69) is 0 Å². The summed E-state index contributed by atoms with van der Waals surface area (Å²) in [7, 11) is 0. The zero-order chi connectivity index (χ0) is 2.71. The summed E-state index contributed by atoms with van der Waals surface area (Å²) in [5.74, 6) is 0.722. The van der Waals surface area contributed by atoms with Gasteiger partial charge in [-0.25, -0.2) is 0 Å². The van der Waals surface area contributed by atoms with Gasteiger partial charge in [0.15, 0.2) is 0 Å². The minimum atomic E-state index is 0. The molecule has 0 aliphatic rings. The van der Waals surface area contributed by atoms with Gasteiger partial charge in [-0.1, -0.05) is 6.92 Å². The van der Waals surface area contributed by atoms with Gasteiger partial charge in [-0.15, -0.1) is 11.6 Å². The summed E-state index contributed by atoms with van der Waals surface area (Å²) in [6, 6.07) is 0. The molecule has 0 saturated heterocycles. The third-order valence-corrected chi connectivity index (χ3v) is 0. The second-order valence-corrected chi connectivity index (χ2v) is 0.802. The molecular formula is C2H5ClZr. The Morgan fingerprint density at radius 1 is 1.75 bits per heavy atom. The predicted molar refractivity (Wildman–Crippen MR) is 16.4 cm³/mol. The average molecular weight is 156 g/mol. The van der Waals surface area contributed by atoms with Gasteiger partial charge in [0.05, 0.1) is 0 Å². The molecule has 0 aromatic heterocycles. The van der Waals surface area contributed by atoms with Crippen LogP contribution in [0.25, 0.3) is 0 Å². The van der Waals surface area contributed by atoms with Crippen molar-refractivity contribution in [3.63, 3.8) is 0 Å². The van der Waals surface area contributed by atoms with Crippen LogP contribution < -0.4 is 0 Å². The van der Waals surface area contributed by atoms with Gasteiger partial charge in [0.1, 0.15) is 0 Å². The molecule has 0 amide bonds. The first kappa shape index (κ1) is 8.95. The quantitative estimate of drug-likeness (QED) is 0.462. The molecule has 4 heavy (non-hydrogen) atoms. The number of alkyl halides is 1. The molecule has 0 heterocycles. The molecule has 0 unspecified atom stereocenters. The molecule has 2 heteroatoms. The standard InChI is InChI=1S/C2H5Cl.Zr/c1-2-3;/h2H2,1H3;. The number of halogens is 1. The fraction of sp³-hybridized carbons (Fsp3) is 1.00. The Morgan fingerprint density at radius 2 is 1.75 bits per heavy atom. The topological polar surface area (TPSA) is 0 Å². The molecule has 0 nitrogen and oxygen atoms in total. The molecule has 0 aliphatic heterocycles. The first-order valence-corrected chi connectivity index (χ1v) is 1.51. The molecular weight excluding hydrogens is 151 g/mol. The van der Waals surface area contributed by atoms with Crippen molar-refractivity contribution in [2.45, 2.75) is 6.92 Å². The fourth-order valence-electron chi connectivity index (χ4n) is 0. The summed E-state index contributed by atoms with van der Waals surface area (Å²) in [6.45, 7) is 1.89. The van der Waals surface area contributed by atoms with Gasteiger partial charge >= 0.3 is 0 Å². The van der Waals surface area contributed by atoms with E-state index in [0.29, 0.717) is 0 Å². The number of hydrogen-bond acceptors (Lipinski definition) is 0. The second kappa shape index (κ2) is 8.90. The van der Waals surface area contributed by atoms with Crippen LogP contribution in [-0.4, -0.2) is 5.88 Å². The third kappa shape index (κ3) is 10.9. The summed E-state index contributed by atoms with van der Waals surface area (Å²) < 4.78 is 0. The van der Waals surface area contributed by atoms with Gasteiger partial charge in [-0.3, -0.25) is 0 Å². The molecule has 0 N–H and O–H groups in total. The molecule has 0 atom stereocenters. The number of rotatable bonds is 0. The van der Waals surface area contributed by atoms with E-state index >= 15 is 0 Å². The van der Waals surface area contributed by atoms with Crippen molar-refractivity contribution in [2.24, 2.45) is 0 Å². The van der Waals surface area contributed by atoms with E-state index in [1.807, 2.05) is 6.92 Å². The molecule has 24 valence electrons. The normalized spacial score (nSPS) is 4.50. The molecule has 0 aromatic carbocycles. The Kier molecular flexibility index (Phi) is 19.9. The average Bonchev–Trinajstić information content (AvgIpc) is 0.918. The molecule has 0 spiro atoms. The Morgan fingerprint density at radius 3 is 1.75 bits per heavy atom. The van der Waals surface area contributed by atoms with Gasteiger partial charge in [-0.05, 0) is 0 Å². The van der Waals surface area contributed by atoms with Crippen LogP contribution in [-0.2, 0) is 26.2 Å². The van der Waals surface area contributed by atoms with E-state index in [0.717, 1.165) is 5.88 Å². The van der Waals surface area contributed by atoms with Gasteiger partial charge in [-0.2, -0.15) is 0 Å². The Balaban J connectivity index is 0. The van der Waals surface area contributed by atoms with Crippen LogP contribution in [0.5, 0.6) is 0 Å². The molecule has 0 fully saturated rings. The zero-order valence-electron chi connectivity index (χ0n) is 2.59. The number of hydrogen-bond donors (Lipinski definition) is 0. The largest absolute Gasteiger partial charge is 0.127 e. The van der Waals surface area contributed by atoms with E-state index in [1.165, 1.54) is 0 Å². The smallest absolute Gasteiger partial charge is 0.0195 e. The van der Waals surface area contributed by atoms with Crippen molar-refractivity contribution in [1.82, 2.24) is 0 Å². The van der Waals surface area contributed by atoms with E-state index in [-0.39, 0.29) is 26.2 Å². The zero-order valence-corrected chi connectivity index (χ0v) is 5.80. The predicted octanol–water partition coefficient (Wildman–Crippen LogP) is 1.24. The van der Waals surface area contributed by atoms with Crippen molar-refractivity contribution >= 4 is 11.6 Å². The van der Waals surface area contributed by atoms with Crippen molar-refractivity contribution in [3.05, 3.63) is 0 Å². The van der Waals surface area contributed by atoms with Crippen LogP contribution in [0.2, 0.25) is 0 Å². The van der Waals surface area contributed by atoms with Crippen LogP contribution in [0, 0.1) is 0 Å². The van der Waals surface area contributed by atoms with Crippen LogP contribution in [0.3, 0.4) is 0 Å². The van der Waals surface area contributed by atoms with Crippen LogP contribution in [0.4, 0.5) is 0 Å². The summed E-state index contributed by atoms with van der Waals surface area (Å²) in [6.07, 6.45) is 0. The summed E-state index contributed by atoms with van der Waals surface area (Å²) in [5.41, 5.74) is 0. The van der Waals surface area contributed by atoms with Gasteiger partial charge in [0, 0.05) is 32.1 Å². The minimum Gasteiger partial charge on any atom is -0.127 e. The maximum Gasteiger partial charge on any atom is 0.0195 e. The maximum atomic E-state index is 5.00. The van der Waals surface area contributed by atoms with Crippen molar-refractivity contribution in [3.8, 4) is 0 Å². The van der Waals surface area contributed by atoms with Gasteiger partial charge in [0.2, 0.25) is 0 Å². The Hall–Kier alpha value is 1.17. The summed E-state index contributed by atoms with van der Waals surface area (Å²) >= 11 is 5.00. The third-order valence-electron chi connectivity index (χ3n) is 0. The van der Waals surface area contributed by atoms with Gasteiger partial charge < -0.3 is 0 Å². The first-order valence-electron chi connectivity index (χ1n) is 0.974. The van der Waals surface area contributed by atoms with E-state index in [9.17, 15) is 0 Å². The van der Waals surface area contributed by atoms with E-state index in [4.69, 9.17) is 11.6 Å². The molecule has 0 bridgehead atoms. The molecule has 0 radical (unpaired) electrons. The first-order chi connectivity index (χ1) is 1.41. The van der Waals surface area contributed by atoms with E-state index in [1.54, 1.807) is 0 Å². The summed E-state index contributed by atoms with van der Waals surface area (Å²) in [4.78, 5) is 0. The van der Waals surface area contributed by atoms with Gasteiger partial charge in [0.25, 0.3) is 0 Å². The SMILES string of the molecule is CCCl.[Zr]. The summed E-state index contributed by atoms with van der Waals surface area (Å²) in [5, 5.41) is 0. The van der Waals surface area contributed by atoms with Crippen molar-refractivity contribution in [1.29, 1.82) is 0 Å². The Labute approximate surface area is 50.7 Å².